The molecule has 0 aliphatic carbocycles. The molecule has 0 spiro atoms. The number of hydrogen-bond acceptors (Lipinski definition) is 4. The molecule has 0 saturated heterocycles. The number of hydrogen-bond donors (Lipinski definition) is 1. The minimum absolute atomic E-state index is 0.157. The van der Waals surface area contributed by atoms with Gasteiger partial charge in [-0.2, -0.15) is 0 Å². The van der Waals surface area contributed by atoms with Gasteiger partial charge in [-0.25, -0.2) is 0 Å². The fourth-order valence-corrected chi connectivity index (χ4v) is 2.76. The Morgan fingerprint density at radius 2 is 2.32 bits per heavy atom. The highest BCUT2D eigenvalue weighted by Crippen LogP contribution is 2.28. The first-order valence-corrected chi connectivity index (χ1v) is 7.71. The van der Waals surface area contributed by atoms with Gasteiger partial charge in [0.15, 0.2) is 0 Å². The van der Waals surface area contributed by atoms with E-state index in [0.29, 0.717) is 30.0 Å². The third kappa shape index (κ3) is 3.04. The van der Waals surface area contributed by atoms with Crippen molar-refractivity contribution in [2.24, 2.45) is 0 Å². The molecule has 0 bridgehead atoms. The number of thiophene rings is 1. The Balaban J connectivity index is 1.82. The van der Waals surface area contributed by atoms with Crippen molar-refractivity contribution >= 4 is 28.2 Å². The standard InChI is InChI=1S/C17H15NO3S/c1-2-6-20-15-9-12(10-16-14(15)5-7-21-16)17(19)18-11-13-4-3-8-22-13/h2-5,7-10H,1,6,11H2,(H,18,19). The van der Waals surface area contributed by atoms with Gasteiger partial charge in [0, 0.05) is 10.4 Å². The Kier molecular flexibility index (Phi) is 4.25. The van der Waals surface area contributed by atoms with Gasteiger partial charge in [-0.3, -0.25) is 4.79 Å². The number of fused-ring (bicyclic) bond motifs is 1. The second kappa shape index (κ2) is 6.49. The molecule has 0 atom stereocenters. The second-order valence-electron chi connectivity index (χ2n) is 4.67. The highest BCUT2D eigenvalue weighted by Gasteiger charge is 2.13. The SMILES string of the molecule is C=CCOc1cc(C(=O)NCc2cccs2)cc2occc12. The average molecular weight is 313 g/mol. The quantitative estimate of drug-likeness (QED) is 0.700. The predicted octanol–water partition coefficient (Wildman–Crippen LogP) is 3.99. The lowest BCUT2D eigenvalue weighted by Gasteiger charge is -2.08. The first kappa shape index (κ1) is 14.4. The first-order valence-electron chi connectivity index (χ1n) is 6.83. The summed E-state index contributed by atoms with van der Waals surface area (Å²) in [5.74, 6) is 0.461. The zero-order valence-corrected chi connectivity index (χ0v) is 12.7. The number of benzene rings is 1. The van der Waals surface area contributed by atoms with Crippen LogP contribution in [0.3, 0.4) is 0 Å². The Morgan fingerprint density at radius 3 is 3.09 bits per heavy atom. The molecule has 3 aromatic rings. The monoisotopic (exact) mass is 313 g/mol. The smallest absolute Gasteiger partial charge is 0.251 e. The van der Waals surface area contributed by atoms with Crippen molar-refractivity contribution in [1.29, 1.82) is 0 Å². The van der Waals surface area contributed by atoms with E-state index >= 15 is 0 Å². The summed E-state index contributed by atoms with van der Waals surface area (Å²) in [6.45, 7) is 4.52. The van der Waals surface area contributed by atoms with E-state index in [9.17, 15) is 4.79 Å². The molecule has 0 unspecified atom stereocenters. The molecule has 1 aromatic carbocycles. The summed E-state index contributed by atoms with van der Waals surface area (Å²) in [5, 5.41) is 5.72. The lowest BCUT2D eigenvalue weighted by Crippen LogP contribution is -2.22. The number of furan rings is 1. The van der Waals surface area contributed by atoms with Gasteiger partial charge in [-0.05, 0) is 29.6 Å². The molecule has 0 aliphatic rings. The van der Waals surface area contributed by atoms with Gasteiger partial charge in [0.05, 0.1) is 18.2 Å². The van der Waals surface area contributed by atoms with Crippen LogP contribution in [0, 0.1) is 0 Å². The minimum Gasteiger partial charge on any atom is -0.489 e. The summed E-state index contributed by atoms with van der Waals surface area (Å²) in [7, 11) is 0. The van der Waals surface area contributed by atoms with Gasteiger partial charge in [-0.15, -0.1) is 11.3 Å². The molecular formula is C17H15NO3S. The van der Waals surface area contributed by atoms with E-state index in [1.807, 2.05) is 23.6 Å². The van der Waals surface area contributed by atoms with Crippen LogP contribution < -0.4 is 10.1 Å². The van der Waals surface area contributed by atoms with Gasteiger partial charge in [0.25, 0.3) is 5.91 Å². The molecule has 3 rings (SSSR count). The molecule has 2 heterocycles. The number of carbonyl (C=O) groups is 1. The third-order valence-corrected chi connectivity index (χ3v) is 4.03. The molecule has 5 heteroatoms. The molecule has 1 N–H and O–H groups in total. The number of rotatable bonds is 6. The van der Waals surface area contributed by atoms with Gasteiger partial charge in [0.2, 0.25) is 0 Å². The van der Waals surface area contributed by atoms with Crippen LogP contribution in [0.25, 0.3) is 11.0 Å². The van der Waals surface area contributed by atoms with Gasteiger partial charge in [-0.1, -0.05) is 18.7 Å². The maximum atomic E-state index is 12.3. The summed E-state index contributed by atoms with van der Waals surface area (Å²) in [4.78, 5) is 13.4. The third-order valence-electron chi connectivity index (χ3n) is 3.16. The van der Waals surface area contributed by atoms with Crippen molar-refractivity contribution < 1.29 is 13.9 Å². The number of nitrogens with one attached hydrogen (secondary N) is 1. The van der Waals surface area contributed by atoms with E-state index in [-0.39, 0.29) is 5.91 Å². The molecule has 112 valence electrons. The molecule has 0 aliphatic heterocycles. The van der Waals surface area contributed by atoms with E-state index in [0.717, 1.165) is 10.3 Å². The summed E-state index contributed by atoms with van der Waals surface area (Å²) in [5.41, 5.74) is 1.14. The molecule has 0 saturated carbocycles. The molecule has 22 heavy (non-hydrogen) atoms. The van der Waals surface area contributed by atoms with Gasteiger partial charge < -0.3 is 14.5 Å². The van der Waals surface area contributed by atoms with Gasteiger partial charge in [0.1, 0.15) is 17.9 Å². The van der Waals surface area contributed by atoms with Crippen LogP contribution in [0.5, 0.6) is 5.75 Å². The largest absolute Gasteiger partial charge is 0.489 e. The zero-order chi connectivity index (χ0) is 15.4. The van der Waals surface area contributed by atoms with E-state index in [2.05, 4.69) is 11.9 Å². The van der Waals surface area contributed by atoms with Crippen molar-refractivity contribution in [3.8, 4) is 5.75 Å². The average Bonchev–Trinajstić information content (AvgIpc) is 3.20. The Morgan fingerprint density at radius 1 is 1.41 bits per heavy atom. The van der Waals surface area contributed by atoms with Crippen LogP contribution >= 0.6 is 11.3 Å². The number of amides is 1. The maximum Gasteiger partial charge on any atom is 0.251 e. The molecule has 4 nitrogen and oxygen atoms in total. The maximum absolute atomic E-state index is 12.3. The predicted molar refractivity (Wildman–Crippen MR) is 87.4 cm³/mol. The summed E-state index contributed by atoms with van der Waals surface area (Å²) < 4.78 is 11.0. The van der Waals surface area contributed by atoms with Crippen LogP contribution in [0.4, 0.5) is 0 Å². The Hall–Kier alpha value is -2.53. The molecule has 1 amide bonds. The van der Waals surface area contributed by atoms with E-state index in [4.69, 9.17) is 9.15 Å². The fraction of sp³-hybridized carbons (Fsp3) is 0.118. The van der Waals surface area contributed by atoms with Crippen LogP contribution in [-0.4, -0.2) is 12.5 Å². The molecular weight excluding hydrogens is 298 g/mol. The lowest BCUT2D eigenvalue weighted by atomic mass is 10.1. The Bertz CT molecular complexity index is 789. The Labute approximate surface area is 132 Å². The van der Waals surface area contributed by atoms with Crippen LogP contribution in [0.1, 0.15) is 15.2 Å². The second-order valence-corrected chi connectivity index (χ2v) is 5.70. The minimum atomic E-state index is -0.157. The first-order chi connectivity index (χ1) is 10.8. The van der Waals surface area contributed by atoms with E-state index in [1.54, 1.807) is 35.8 Å². The van der Waals surface area contributed by atoms with Crippen molar-refractivity contribution in [2.45, 2.75) is 6.54 Å². The van der Waals surface area contributed by atoms with E-state index in [1.165, 1.54) is 0 Å². The topological polar surface area (TPSA) is 51.5 Å². The zero-order valence-electron chi connectivity index (χ0n) is 11.9. The van der Waals surface area contributed by atoms with Crippen LogP contribution in [-0.2, 0) is 6.54 Å². The normalized spacial score (nSPS) is 10.5. The van der Waals surface area contributed by atoms with E-state index < -0.39 is 0 Å². The van der Waals surface area contributed by atoms with Crippen molar-refractivity contribution in [1.82, 2.24) is 5.32 Å². The summed E-state index contributed by atoms with van der Waals surface area (Å²) in [6.07, 6.45) is 3.24. The highest BCUT2D eigenvalue weighted by atomic mass is 32.1. The summed E-state index contributed by atoms with van der Waals surface area (Å²) in [6, 6.07) is 9.22. The number of carbonyl (C=O) groups excluding carboxylic acids is 1. The van der Waals surface area contributed by atoms with Crippen molar-refractivity contribution in [2.75, 3.05) is 6.61 Å². The van der Waals surface area contributed by atoms with Crippen LogP contribution in [0.15, 0.2) is 59.0 Å². The number of ether oxygens (including phenoxy) is 1. The van der Waals surface area contributed by atoms with Gasteiger partial charge >= 0.3 is 0 Å². The molecule has 2 aromatic heterocycles. The fourth-order valence-electron chi connectivity index (χ4n) is 2.12. The molecule has 0 fully saturated rings. The van der Waals surface area contributed by atoms with Crippen LogP contribution in [0.2, 0.25) is 0 Å². The highest BCUT2D eigenvalue weighted by molar-refractivity contribution is 7.09. The summed E-state index contributed by atoms with van der Waals surface area (Å²) >= 11 is 1.61. The lowest BCUT2D eigenvalue weighted by molar-refractivity contribution is 0.0951. The van der Waals surface area contributed by atoms with Crippen molar-refractivity contribution in [3.63, 3.8) is 0 Å². The van der Waals surface area contributed by atoms with Crippen molar-refractivity contribution in [3.05, 3.63) is 65.1 Å². The molecule has 0 radical (unpaired) electrons.